The summed E-state index contributed by atoms with van der Waals surface area (Å²) in [6.07, 6.45) is 0. The van der Waals surface area contributed by atoms with E-state index in [4.69, 9.17) is 0 Å². The molecule has 2 aromatic carbocycles. The van der Waals surface area contributed by atoms with Crippen molar-refractivity contribution < 1.29 is 23.4 Å². The standard InChI is InChI=1S/C24H28N2O5S/c1-17-9-11-19(12-10-17)24(29)23-18(2)13-21(25(23)3)14-26(20-7-5-4-6-8-20)32(30,31)22(15-27)16-28/h4-13,22,27-28H,14-16H2,1-3H3. The Labute approximate surface area is 188 Å². The summed E-state index contributed by atoms with van der Waals surface area (Å²) in [7, 11) is -2.35. The van der Waals surface area contributed by atoms with Crippen LogP contribution in [-0.4, -0.2) is 47.4 Å². The van der Waals surface area contributed by atoms with Crippen LogP contribution in [0.15, 0.2) is 60.7 Å². The molecule has 2 N–H and O–H groups in total. The van der Waals surface area contributed by atoms with E-state index in [0.717, 1.165) is 11.1 Å². The predicted octanol–water partition coefficient (Wildman–Crippen LogP) is 2.56. The lowest BCUT2D eigenvalue weighted by Gasteiger charge is -2.28. The van der Waals surface area contributed by atoms with Crippen LogP contribution in [0.25, 0.3) is 0 Å². The van der Waals surface area contributed by atoms with E-state index in [9.17, 15) is 23.4 Å². The van der Waals surface area contributed by atoms with E-state index >= 15 is 0 Å². The predicted molar refractivity (Wildman–Crippen MR) is 124 cm³/mol. The molecule has 170 valence electrons. The van der Waals surface area contributed by atoms with Crippen molar-refractivity contribution in [1.29, 1.82) is 0 Å². The fraction of sp³-hybridized carbons (Fsp3) is 0.292. The summed E-state index contributed by atoms with van der Waals surface area (Å²) in [5, 5.41) is 17.7. The van der Waals surface area contributed by atoms with Crippen LogP contribution in [0.5, 0.6) is 0 Å². The first-order chi connectivity index (χ1) is 15.2. The van der Waals surface area contributed by atoms with Gasteiger partial charge in [0.15, 0.2) is 0 Å². The van der Waals surface area contributed by atoms with E-state index in [1.165, 1.54) is 4.31 Å². The molecule has 32 heavy (non-hydrogen) atoms. The number of sulfonamides is 1. The number of carbonyl (C=O) groups excluding carboxylic acids is 1. The minimum absolute atomic E-state index is 0.0542. The summed E-state index contributed by atoms with van der Waals surface area (Å²) in [4.78, 5) is 13.1. The maximum Gasteiger partial charge on any atom is 0.242 e. The van der Waals surface area contributed by atoms with Gasteiger partial charge in [0.05, 0.1) is 31.1 Å². The van der Waals surface area contributed by atoms with Gasteiger partial charge in [-0.15, -0.1) is 0 Å². The number of aliphatic hydroxyl groups excluding tert-OH is 2. The SMILES string of the molecule is Cc1ccc(C(=O)c2c(C)cc(CN(c3ccccc3)S(=O)(=O)C(CO)CO)n2C)cc1. The summed E-state index contributed by atoms with van der Waals surface area (Å²) in [6, 6.07) is 17.6. The Morgan fingerprint density at radius 2 is 1.59 bits per heavy atom. The number of hydrogen-bond acceptors (Lipinski definition) is 5. The molecule has 0 fully saturated rings. The number of anilines is 1. The van der Waals surface area contributed by atoms with Crippen LogP contribution in [0.1, 0.15) is 32.9 Å². The highest BCUT2D eigenvalue weighted by Crippen LogP contribution is 2.26. The van der Waals surface area contributed by atoms with Crippen LogP contribution in [0.3, 0.4) is 0 Å². The molecule has 0 unspecified atom stereocenters. The number of rotatable bonds is 9. The number of aliphatic hydroxyl groups is 2. The molecule has 0 aliphatic heterocycles. The summed E-state index contributed by atoms with van der Waals surface area (Å²) in [5.74, 6) is -0.144. The van der Waals surface area contributed by atoms with E-state index in [1.807, 2.05) is 26.0 Å². The van der Waals surface area contributed by atoms with Gasteiger partial charge in [0.2, 0.25) is 15.8 Å². The number of carbonyl (C=O) groups is 1. The highest BCUT2D eigenvalue weighted by atomic mass is 32.2. The Balaban J connectivity index is 2.03. The lowest BCUT2D eigenvalue weighted by molar-refractivity contribution is 0.103. The molecule has 1 heterocycles. The highest BCUT2D eigenvalue weighted by Gasteiger charge is 2.33. The summed E-state index contributed by atoms with van der Waals surface area (Å²) >= 11 is 0. The Morgan fingerprint density at radius 3 is 2.16 bits per heavy atom. The lowest BCUT2D eigenvalue weighted by atomic mass is 10.0. The van der Waals surface area contributed by atoms with E-state index in [2.05, 4.69) is 0 Å². The Kier molecular flexibility index (Phi) is 7.18. The molecular formula is C24H28N2O5S. The normalized spacial score (nSPS) is 11.7. The third-order valence-corrected chi connectivity index (χ3v) is 7.63. The molecule has 0 amide bonds. The van der Waals surface area contributed by atoms with Crippen molar-refractivity contribution in [2.75, 3.05) is 17.5 Å². The quantitative estimate of drug-likeness (QED) is 0.482. The maximum atomic E-state index is 13.2. The molecule has 0 saturated carbocycles. The lowest BCUT2D eigenvalue weighted by Crippen LogP contribution is -2.42. The van der Waals surface area contributed by atoms with E-state index < -0.39 is 28.5 Å². The number of aryl methyl sites for hydroxylation is 2. The number of aromatic nitrogens is 1. The smallest absolute Gasteiger partial charge is 0.242 e. The monoisotopic (exact) mass is 456 g/mol. The molecule has 3 rings (SSSR count). The molecule has 0 aliphatic rings. The molecule has 0 spiro atoms. The number of ketones is 1. The fourth-order valence-corrected chi connectivity index (χ4v) is 5.11. The second-order valence-corrected chi connectivity index (χ2v) is 9.93. The second-order valence-electron chi connectivity index (χ2n) is 7.80. The Morgan fingerprint density at radius 1 is 1.00 bits per heavy atom. The molecule has 1 aromatic heterocycles. The molecule has 0 radical (unpaired) electrons. The maximum absolute atomic E-state index is 13.2. The molecule has 7 nitrogen and oxygen atoms in total. The van der Waals surface area contributed by atoms with Crippen molar-refractivity contribution in [2.45, 2.75) is 25.6 Å². The molecule has 0 bridgehead atoms. The van der Waals surface area contributed by atoms with E-state index in [0.29, 0.717) is 22.6 Å². The molecule has 3 aromatic rings. The van der Waals surface area contributed by atoms with Gasteiger partial charge in [0.1, 0.15) is 5.25 Å². The van der Waals surface area contributed by atoms with Crippen molar-refractivity contribution in [3.8, 4) is 0 Å². The Hall–Kier alpha value is -2.94. The summed E-state index contributed by atoms with van der Waals surface area (Å²) < 4.78 is 29.3. The van der Waals surface area contributed by atoms with Crippen LogP contribution in [-0.2, 0) is 23.6 Å². The summed E-state index contributed by atoms with van der Waals surface area (Å²) in [5.41, 5.74) is 3.84. The zero-order chi connectivity index (χ0) is 23.5. The zero-order valence-electron chi connectivity index (χ0n) is 18.4. The van der Waals surface area contributed by atoms with Crippen LogP contribution in [0.4, 0.5) is 5.69 Å². The Bertz CT molecular complexity index is 1180. The van der Waals surface area contributed by atoms with Crippen LogP contribution in [0, 0.1) is 13.8 Å². The van der Waals surface area contributed by atoms with Gasteiger partial charge in [-0.05, 0) is 37.6 Å². The number of benzene rings is 2. The van der Waals surface area contributed by atoms with Gasteiger partial charge < -0.3 is 14.8 Å². The molecule has 0 saturated heterocycles. The average molecular weight is 457 g/mol. The highest BCUT2D eigenvalue weighted by molar-refractivity contribution is 7.93. The van der Waals surface area contributed by atoms with Crippen molar-refractivity contribution in [3.63, 3.8) is 0 Å². The molecular weight excluding hydrogens is 428 g/mol. The first-order valence-corrected chi connectivity index (χ1v) is 11.8. The van der Waals surface area contributed by atoms with Crippen molar-refractivity contribution in [2.24, 2.45) is 7.05 Å². The summed E-state index contributed by atoms with van der Waals surface area (Å²) in [6.45, 7) is 2.31. The molecule has 8 heteroatoms. The van der Waals surface area contributed by atoms with E-state index in [1.54, 1.807) is 60.1 Å². The number of para-hydroxylation sites is 1. The first-order valence-electron chi connectivity index (χ1n) is 10.3. The molecule has 0 atom stereocenters. The van der Waals surface area contributed by atoms with E-state index in [-0.39, 0.29) is 12.3 Å². The van der Waals surface area contributed by atoms with Gasteiger partial charge in [0, 0.05) is 18.3 Å². The van der Waals surface area contributed by atoms with Crippen molar-refractivity contribution in [1.82, 2.24) is 4.57 Å². The number of hydrogen-bond donors (Lipinski definition) is 2. The van der Waals surface area contributed by atoms with Crippen LogP contribution < -0.4 is 4.31 Å². The average Bonchev–Trinajstić information content (AvgIpc) is 3.06. The minimum Gasteiger partial charge on any atom is -0.395 e. The van der Waals surface area contributed by atoms with Gasteiger partial charge in [-0.2, -0.15) is 0 Å². The third-order valence-electron chi connectivity index (χ3n) is 5.54. The second kappa shape index (κ2) is 9.68. The zero-order valence-corrected chi connectivity index (χ0v) is 19.2. The van der Waals surface area contributed by atoms with Crippen LogP contribution >= 0.6 is 0 Å². The van der Waals surface area contributed by atoms with Gasteiger partial charge in [-0.1, -0.05) is 48.0 Å². The number of nitrogens with zero attached hydrogens (tertiary/aromatic N) is 2. The van der Waals surface area contributed by atoms with Gasteiger partial charge in [-0.3, -0.25) is 9.10 Å². The largest absolute Gasteiger partial charge is 0.395 e. The van der Waals surface area contributed by atoms with Crippen molar-refractivity contribution >= 4 is 21.5 Å². The van der Waals surface area contributed by atoms with Gasteiger partial charge in [0.25, 0.3) is 0 Å². The fourth-order valence-electron chi connectivity index (χ4n) is 3.64. The molecule has 0 aliphatic carbocycles. The minimum atomic E-state index is -4.08. The third kappa shape index (κ3) is 4.62. The van der Waals surface area contributed by atoms with Crippen LogP contribution in [0.2, 0.25) is 0 Å². The van der Waals surface area contributed by atoms with Gasteiger partial charge in [-0.25, -0.2) is 8.42 Å². The topological polar surface area (TPSA) is 99.8 Å². The van der Waals surface area contributed by atoms with Gasteiger partial charge >= 0.3 is 0 Å². The first kappa shape index (κ1) is 23.7. The van der Waals surface area contributed by atoms with Crippen molar-refractivity contribution in [3.05, 3.63) is 88.7 Å².